The molecule has 0 saturated heterocycles. The molecule has 1 aromatic rings. The number of hydrogen-bond donors (Lipinski definition) is 1. The predicted molar refractivity (Wildman–Crippen MR) is 47.3 cm³/mol. The van der Waals surface area contributed by atoms with Gasteiger partial charge in [-0.15, -0.1) is 0 Å². The molecule has 0 amide bonds. The summed E-state index contributed by atoms with van der Waals surface area (Å²) in [7, 11) is 0. The second-order valence-electron chi connectivity index (χ2n) is 3.13. The predicted octanol–water partition coefficient (Wildman–Crippen LogP) is 2.46. The van der Waals surface area contributed by atoms with E-state index >= 15 is 0 Å². The third-order valence-corrected chi connectivity index (χ3v) is 1.74. The summed E-state index contributed by atoms with van der Waals surface area (Å²) < 4.78 is 26.5. The van der Waals surface area contributed by atoms with E-state index in [1.165, 1.54) is 18.2 Å². The maximum Gasteiger partial charge on any atom is 0.280 e. The zero-order chi connectivity index (χ0) is 10.8. The molecule has 0 aromatic heterocycles. The number of phenolic OH excluding ortho intramolecular Hbond substituents is 1. The lowest BCUT2D eigenvalue weighted by Crippen LogP contribution is -2.16. The van der Waals surface area contributed by atoms with Crippen LogP contribution in [0.25, 0.3) is 0 Å². The van der Waals surface area contributed by atoms with Crippen LogP contribution in [-0.4, -0.2) is 10.9 Å². The maximum atomic E-state index is 13.3. The van der Waals surface area contributed by atoms with Crippen LogP contribution in [0.15, 0.2) is 24.3 Å². The van der Waals surface area contributed by atoms with E-state index in [2.05, 4.69) is 0 Å². The van der Waals surface area contributed by atoms with Crippen molar-refractivity contribution in [3.63, 3.8) is 0 Å². The number of rotatable bonds is 3. The second kappa shape index (κ2) is 3.74. The summed E-state index contributed by atoms with van der Waals surface area (Å²) in [5.74, 6) is -4.02. The van der Waals surface area contributed by atoms with Crippen LogP contribution in [0.5, 0.6) is 5.75 Å². The minimum Gasteiger partial charge on any atom is -0.508 e. The number of carbonyl (C=O) groups excluding carboxylic acids is 1. The van der Waals surface area contributed by atoms with Crippen LogP contribution >= 0.6 is 0 Å². The number of halogens is 2. The minimum atomic E-state index is -3.20. The SMILES string of the molecule is CC(=O)CC(F)(F)c1cccc(O)c1. The van der Waals surface area contributed by atoms with Gasteiger partial charge in [-0.2, -0.15) is 0 Å². The summed E-state index contributed by atoms with van der Waals surface area (Å²) in [6.07, 6.45) is -0.837. The Bertz CT molecular complexity index is 348. The van der Waals surface area contributed by atoms with Crippen molar-refractivity contribution in [1.29, 1.82) is 0 Å². The van der Waals surface area contributed by atoms with E-state index in [1.807, 2.05) is 0 Å². The third-order valence-electron chi connectivity index (χ3n) is 1.74. The van der Waals surface area contributed by atoms with Gasteiger partial charge in [-0.3, -0.25) is 4.79 Å². The molecular formula is C10H10F2O2. The fourth-order valence-electron chi connectivity index (χ4n) is 1.15. The van der Waals surface area contributed by atoms with Crippen molar-refractivity contribution in [2.24, 2.45) is 0 Å². The van der Waals surface area contributed by atoms with Crippen molar-refractivity contribution in [3.8, 4) is 5.75 Å². The molecule has 0 spiro atoms. The highest BCUT2D eigenvalue weighted by Gasteiger charge is 2.33. The van der Waals surface area contributed by atoms with Gasteiger partial charge in [-0.25, -0.2) is 8.78 Å². The number of ketones is 1. The third kappa shape index (κ3) is 2.52. The fraction of sp³-hybridized carbons (Fsp3) is 0.300. The van der Waals surface area contributed by atoms with Crippen LogP contribution in [0, 0.1) is 0 Å². The average Bonchev–Trinajstić information content (AvgIpc) is 2.01. The van der Waals surface area contributed by atoms with Crippen molar-refractivity contribution in [1.82, 2.24) is 0 Å². The van der Waals surface area contributed by atoms with Crippen LogP contribution in [0.3, 0.4) is 0 Å². The van der Waals surface area contributed by atoms with Crippen LogP contribution in [0.1, 0.15) is 18.9 Å². The minimum absolute atomic E-state index is 0.231. The first kappa shape index (κ1) is 10.6. The van der Waals surface area contributed by atoms with Gasteiger partial charge in [0.1, 0.15) is 11.5 Å². The smallest absolute Gasteiger partial charge is 0.280 e. The van der Waals surface area contributed by atoms with E-state index in [1.54, 1.807) is 0 Å². The van der Waals surface area contributed by atoms with Crippen molar-refractivity contribution < 1.29 is 18.7 Å². The van der Waals surface area contributed by atoms with Gasteiger partial charge in [0, 0.05) is 5.56 Å². The Morgan fingerprint density at radius 3 is 2.64 bits per heavy atom. The van der Waals surface area contributed by atoms with Crippen LogP contribution < -0.4 is 0 Å². The zero-order valence-electron chi connectivity index (χ0n) is 7.63. The fourth-order valence-corrected chi connectivity index (χ4v) is 1.15. The van der Waals surface area contributed by atoms with Gasteiger partial charge in [-0.1, -0.05) is 12.1 Å². The molecule has 0 aliphatic heterocycles. The number of phenols is 1. The summed E-state index contributed by atoms with van der Waals surface area (Å²) in [6.45, 7) is 1.11. The first-order valence-corrected chi connectivity index (χ1v) is 4.08. The van der Waals surface area contributed by atoms with Crippen molar-refractivity contribution >= 4 is 5.78 Å². The molecule has 1 rings (SSSR count). The Labute approximate surface area is 80.2 Å². The molecule has 0 radical (unpaired) electrons. The topological polar surface area (TPSA) is 37.3 Å². The summed E-state index contributed by atoms with van der Waals surface area (Å²) in [5.41, 5.74) is -0.340. The van der Waals surface area contributed by atoms with Gasteiger partial charge < -0.3 is 5.11 Å². The first-order valence-electron chi connectivity index (χ1n) is 4.08. The van der Waals surface area contributed by atoms with E-state index in [-0.39, 0.29) is 11.3 Å². The highest BCUT2D eigenvalue weighted by molar-refractivity contribution is 5.76. The largest absolute Gasteiger partial charge is 0.508 e. The molecule has 0 aliphatic carbocycles. The molecule has 0 aliphatic rings. The first-order chi connectivity index (χ1) is 6.42. The molecule has 1 aromatic carbocycles. The molecule has 0 saturated carbocycles. The molecule has 0 heterocycles. The van der Waals surface area contributed by atoms with Crippen molar-refractivity contribution in [3.05, 3.63) is 29.8 Å². The quantitative estimate of drug-likeness (QED) is 0.813. The molecule has 4 heteroatoms. The zero-order valence-corrected chi connectivity index (χ0v) is 7.63. The number of aromatic hydroxyl groups is 1. The second-order valence-corrected chi connectivity index (χ2v) is 3.13. The van der Waals surface area contributed by atoms with Crippen LogP contribution in [0.4, 0.5) is 8.78 Å². The van der Waals surface area contributed by atoms with E-state index < -0.39 is 18.1 Å². The lowest BCUT2D eigenvalue weighted by molar-refractivity contribution is -0.124. The molecule has 76 valence electrons. The Hall–Kier alpha value is -1.45. The highest BCUT2D eigenvalue weighted by Crippen LogP contribution is 2.33. The van der Waals surface area contributed by atoms with Gasteiger partial charge >= 0.3 is 0 Å². The Morgan fingerprint density at radius 2 is 2.14 bits per heavy atom. The Morgan fingerprint density at radius 1 is 1.50 bits per heavy atom. The normalized spacial score (nSPS) is 11.4. The number of hydrogen-bond acceptors (Lipinski definition) is 2. The standard InChI is InChI=1S/C10H10F2O2/c1-7(13)6-10(11,12)8-3-2-4-9(14)5-8/h2-5,14H,6H2,1H3. The molecule has 2 nitrogen and oxygen atoms in total. The summed E-state index contributed by atoms with van der Waals surface area (Å²) in [5, 5.41) is 8.99. The van der Waals surface area contributed by atoms with Gasteiger partial charge in [0.15, 0.2) is 0 Å². The molecule has 0 bridgehead atoms. The lowest BCUT2D eigenvalue weighted by atomic mass is 10.0. The summed E-state index contributed by atoms with van der Waals surface area (Å²) in [4.78, 5) is 10.6. The highest BCUT2D eigenvalue weighted by atomic mass is 19.3. The van der Waals surface area contributed by atoms with E-state index in [9.17, 15) is 13.6 Å². The molecule has 14 heavy (non-hydrogen) atoms. The molecule has 0 fully saturated rings. The Kier molecular flexibility index (Phi) is 2.84. The van der Waals surface area contributed by atoms with Gasteiger partial charge in [0.05, 0.1) is 6.42 Å². The van der Waals surface area contributed by atoms with Crippen molar-refractivity contribution in [2.45, 2.75) is 19.3 Å². The molecule has 1 N–H and O–H groups in total. The van der Waals surface area contributed by atoms with E-state index in [0.717, 1.165) is 13.0 Å². The maximum absolute atomic E-state index is 13.3. The van der Waals surface area contributed by atoms with Gasteiger partial charge in [0.25, 0.3) is 5.92 Å². The average molecular weight is 200 g/mol. The Balaban J connectivity index is 2.97. The van der Waals surface area contributed by atoms with E-state index in [0.29, 0.717) is 0 Å². The number of alkyl halides is 2. The number of Topliss-reactive ketones (excluding diaryl/α,β-unsaturated/α-hetero) is 1. The molecular weight excluding hydrogens is 190 g/mol. The van der Waals surface area contributed by atoms with Crippen molar-refractivity contribution in [2.75, 3.05) is 0 Å². The van der Waals surface area contributed by atoms with Gasteiger partial charge in [-0.05, 0) is 19.1 Å². The molecule has 0 atom stereocenters. The van der Waals surface area contributed by atoms with E-state index in [4.69, 9.17) is 5.11 Å². The monoisotopic (exact) mass is 200 g/mol. The van der Waals surface area contributed by atoms with Crippen LogP contribution in [-0.2, 0) is 10.7 Å². The van der Waals surface area contributed by atoms with Crippen LogP contribution in [0.2, 0.25) is 0 Å². The number of benzene rings is 1. The lowest BCUT2D eigenvalue weighted by Gasteiger charge is -2.14. The summed E-state index contributed by atoms with van der Waals surface area (Å²) in [6, 6.07) is 4.76. The number of carbonyl (C=O) groups is 1. The van der Waals surface area contributed by atoms with Gasteiger partial charge in [0.2, 0.25) is 0 Å². The molecule has 0 unspecified atom stereocenters. The summed E-state index contributed by atoms with van der Waals surface area (Å²) >= 11 is 0.